The molecule has 0 spiro atoms. The van der Waals surface area contributed by atoms with E-state index in [1.165, 1.54) is 0 Å². The van der Waals surface area contributed by atoms with Gasteiger partial charge in [-0.2, -0.15) is 0 Å². The Balaban J connectivity index is 1.97. The van der Waals surface area contributed by atoms with Crippen molar-refractivity contribution < 1.29 is 0 Å². The van der Waals surface area contributed by atoms with Gasteiger partial charge < -0.3 is 0 Å². The molecule has 4 unspecified atom stereocenters. The van der Waals surface area contributed by atoms with Crippen molar-refractivity contribution in [2.24, 2.45) is 11.8 Å². The fraction of sp³-hybridized carbons (Fsp3) is 0.333. The maximum Gasteiger partial charge on any atom is 0.0382 e. The van der Waals surface area contributed by atoms with Crippen LogP contribution in [0, 0.1) is 11.8 Å². The van der Waals surface area contributed by atoms with Gasteiger partial charge in [0, 0.05) is 23.9 Å². The maximum absolute atomic E-state index is 2.48. The Morgan fingerprint density at radius 3 is 1.56 bits per heavy atom. The van der Waals surface area contributed by atoms with Gasteiger partial charge in [0.25, 0.3) is 0 Å². The second-order valence-corrected chi connectivity index (χ2v) is 4.73. The first-order valence-corrected chi connectivity index (χ1v) is 5.96. The first-order chi connectivity index (χ1) is 7.86. The Hall–Kier alpha value is -1.34. The summed E-state index contributed by atoms with van der Waals surface area (Å²) in [5, 5.41) is 0. The minimum Gasteiger partial charge on any atom is -0.292 e. The quantitative estimate of drug-likeness (QED) is 0.557. The molecule has 0 amide bonds. The third-order valence-corrected chi connectivity index (χ3v) is 3.79. The van der Waals surface area contributed by atoms with Crippen molar-refractivity contribution in [3.63, 3.8) is 0 Å². The van der Waals surface area contributed by atoms with Gasteiger partial charge in [0.15, 0.2) is 0 Å². The van der Waals surface area contributed by atoms with E-state index in [-0.39, 0.29) is 0 Å². The highest BCUT2D eigenvalue weighted by Crippen LogP contribution is 2.30. The monoisotopic (exact) mass is 211 g/mol. The molecular formula is C15H17N. The van der Waals surface area contributed by atoms with Gasteiger partial charge in [-0.05, 0) is 7.05 Å². The van der Waals surface area contributed by atoms with E-state index in [2.05, 4.69) is 72.7 Å². The zero-order valence-electron chi connectivity index (χ0n) is 9.53. The van der Waals surface area contributed by atoms with E-state index in [4.69, 9.17) is 0 Å². The van der Waals surface area contributed by atoms with Crippen molar-refractivity contribution in [1.29, 1.82) is 0 Å². The molecule has 16 heavy (non-hydrogen) atoms. The molecular weight excluding hydrogens is 194 g/mol. The number of allylic oxidation sites excluding steroid dienone is 4. The normalized spacial score (nSPS) is 40.6. The highest BCUT2D eigenvalue weighted by atomic mass is 15.2. The summed E-state index contributed by atoms with van der Waals surface area (Å²) in [6.07, 6.45) is 22.5. The molecule has 0 saturated heterocycles. The summed E-state index contributed by atoms with van der Waals surface area (Å²) in [7, 11) is 2.23. The summed E-state index contributed by atoms with van der Waals surface area (Å²) in [6, 6.07) is 1.01. The number of fused-ring (bicyclic) bond motifs is 2. The fourth-order valence-corrected chi connectivity index (χ4v) is 2.85. The van der Waals surface area contributed by atoms with Gasteiger partial charge in [-0.3, -0.25) is 4.90 Å². The summed E-state index contributed by atoms with van der Waals surface area (Å²) in [5.41, 5.74) is 0. The lowest BCUT2D eigenvalue weighted by Gasteiger charge is -2.36. The molecule has 0 aromatic rings. The molecule has 4 atom stereocenters. The number of hydrogen-bond donors (Lipinski definition) is 0. The van der Waals surface area contributed by atoms with Crippen molar-refractivity contribution in [3.05, 3.63) is 60.8 Å². The van der Waals surface area contributed by atoms with Gasteiger partial charge in [0.05, 0.1) is 0 Å². The van der Waals surface area contributed by atoms with Crippen LogP contribution in [-0.2, 0) is 0 Å². The van der Waals surface area contributed by atoms with Crippen molar-refractivity contribution in [1.82, 2.24) is 4.90 Å². The number of nitrogens with zero attached hydrogens (tertiary/aromatic N) is 1. The molecule has 0 aromatic heterocycles. The van der Waals surface area contributed by atoms with Gasteiger partial charge in [-0.15, -0.1) is 0 Å². The smallest absolute Gasteiger partial charge is 0.0382 e. The Bertz CT molecular complexity index is 373. The molecule has 1 nitrogen and oxygen atoms in total. The maximum atomic E-state index is 2.48. The molecule has 0 aromatic carbocycles. The molecule has 3 rings (SSSR count). The van der Waals surface area contributed by atoms with Crippen molar-refractivity contribution in [2.75, 3.05) is 7.05 Å². The zero-order valence-corrected chi connectivity index (χ0v) is 9.53. The Kier molecular flexibility index (Phi) is 2.41. The van der Waals surface area contributed by atoms with Crippen LogP contribution in [0.1, 0.15) is 0 Å². The molecule has 1 aliphatic heterocycles. The third-order valence-electron chi connectivity index (χ3n) is 3.79. The molecule has 3 aliphatic rings. The summed E-state index contributed by atoms with van der Waals surface area (Å²) in [6.45, 7) is 0. The Morgan fingerprint density at radius 1 is 0.625 bits per heavy atom. The average molecular weight is 211 g/mol. The van der Waals surface area contributed by atoms with Crippen LogP contribution in [0.4, 0.5) is 0 Å². The van der Waals surface area contributed by atoms with E-state index >= 15 is 0 Å². The van der Waals surface area contributed by atoms with Crippen LogP contribution >= 0.6 is 0 Å². The lowest BCUT2D eigenvalue weighted by molar-refractivity contribution is 0.202. The van der Waals surface area contributed by atoms with E-state index in [1.54, 1.807) is 0 Å². The summed E-state index contributed by atoms with van der Waals surface area (Å²) < 4.78 is 0. The van der Waals surface area contributed by atoms with E-state index in [9.17, 15) is 0 Å². The third kappa shape index (κ3) is 1.52. The lowest BCUT2D eigenvalue weighted by Crippen LogP contribution is -2.43. The molecule has 0 radical (unpaired) electrons. The van der Waals surface area contributed by atoms with Crippen LogP contribution < -0.4 is 0 Å². The van der Waals surface area contributed by atoms with Crippen LogP contribution in [0.2, 0.25) is 0 Å². The number of hydrogen-bond acceptors (Lipinski definition) is 1. The van der Waals surface area contributed by atoms with E-state index < -0.39 is 0 Å². The van der Waals surface area contributed by atoms with Gasteiger partial charge in [0.2, 0.25) is 0 Å². The van der Waals surface area contributed by atoms with Gasteiger partial charge in [-0.25, -0.2) is 0 Å². The Morgan fingerprint density at radius 2 is 1.06 bits per heavy atom. The minimum absolute atomic E-state index is 0.507. The van der Waals surface area contributed by atoms with Gasteiger partial charge >= 0.3 is 0 Å². The summed E-state index contributed by atoms with van der Waals surface area (Å²) in [4.78, 5) is 2.48. The predicted molar refractivity (Wildman–Crippen MR) is 68.0 cm³/mol. The van der Waals surface area contributed by atoms with Gasteiger partial charge in [0.1, 0.15) is 0 Å². The minimum atomic E-state index is 0.507. The van der Waals surface area contributed by atoms with Crippen LogP contribution in [0.5, 0.6) is 0 Å². The predicted octanol–water partition coefficient (Wildman–Crippen LogP) is 2.71. The molecule has 0 fully saturated rings. The lowest BCUT2D eigenvalue weighted by atomic mass is 9.93. The largest absolute Gasteiger partial charge is 0.292 e. The summed E-state index contributed by atoms with van der Waals surface area (Å²) in [5.74, 6) is 1.06. The molecule has 1 heterocycles. The average Bonchev–Trinajstić information content (AvgIpc) is 2.49. The molecule has 1 heteroatoms. The summed E-state index contributed by atoms with van der Waals surface area (Å²) >= 11 is 0. The highest BCUT2D eigenvalue weighted by molar-refractivity contribution is 5.29. The van der Waals surface area contributed by atoms with Crippen molar-refractivity contribution in [3.8, 4) is 0 Å². The molecule has 0 saturated carbocycles. The van der Waals surface area contributed by atoms with Crippen LogP contribution in [0.3, 0.4) is 0 Å². The van der Waals surface area contributed by atoms with E-state index in [0.717, 1.165) is 0 Å². The fourth-order valence-electron chi connectivity index (χ4n) is 2.85. The topological polar surface area (TPSA) is 3.24 Å². The molecule has 82 valence electrons. The zero-order chi connectivity index (χ0) is 11.0. The van der Waals surface area contributed by atoms with Crippen molar-refractivity contribution in [2.45, 2.75) is 12.1 Å². The van der Waals surface area contributed by atoms with Crippen molar-refractivity contribution >= 4 is 0 Å². The standard InChI is InChI=1S/C15H17N/c1-16-14-8-4-2-6-12(14)10-11-13-7-3-5-9-15(13)16/h2-15H,1H3. The van der Waals surface area contributed by atoms with Crippen LogP contribution in [0.25, 0.3) is 0 Å². The molecule has 2 aliphatic carbocycles. The van der Waals surface area contributed by atoms with Crippen LogP contribution in [-0.4, -0.2) is 24.0 Å². The first-order valence-electron chi connectivity index (χ1n) is 5.96. The number of likely N-dealkylation sites (N-methyl/N-ethyl adjacent to an activating group) is 1. The first kappa shape index (κ1) is 9.86. The second-order valence-electron chi connectivity index (χ2n) is 4.73. The second kappa shape index (κ2) is 3.91. The van der Waals surface area contributed by atoms with Crippen LogP contribution in [0.15, 0.2) is 60.8 Å². The van der Waals surface area contributed by atoms with Gasteiger partial charge in [-0.1, -0.05) is 60.8 Å². The molecule has 0 N–H and O–H groups in total. The van der Waals surface area contributed by atoms with E-state index in [1.807, 2.05) is 0 Å². The Labute approximate surface area is 97.1 Å². The molecule has 0 bridgehead atoms. The highest BCUT2D eigenvalue weighted by Gasteiger charge is 2.31. The SMILES string of the molecule is CN1C2C=CC=CC2C=CC2C=CC=CC21. The van der Waals surface area contributed by atoms with E-state index in [0.29, 0.717) is 23.9 Å². The number of rotatable bonds is 0.